The predicted molar refractivity (Wildman–Crippen MR) is 139 cm³/mol. The lowest BCUT2D eigenvalue weighted by Gasteiger charge is -2.09. The van der Waals surface area contributed by atoms with Crippen LogP contribution in [0.5, 0.6) is 0 Å². The van der Waals surface area contributed by atoms with Crippen LogP contribution in [0.3, 0.4) is 0 Å². The molecule has 0 aliphatic rings. The monoisotopic (exact) mass is 492 g/mol. The van der Waals surface area contributed by atoms with Gasteiger partial charge in [0, 0.05) is 11.6 Å². The molecule has 37 heavy (non-hydrogen) atoms. The van der Waals surface area contributed by atoms with E-state index in [9.17, 15) is 9.59 Å². The van der Waals surface area contributed by atoms with Crippen LogP contribution in [0, 0.1) is 6.92 Å². The van der Waals surface area contributed by atoms with Crippen molar-refractivity contribution in [3.63, 3.8) is 0 Å². The summed E-state index contributed by atoms with van der Waals surface area (Å²) in [6, 6.07) is 27.9. The van der Waals surface area contributed by atoms with E-state index in [2.05, 4.69) is 20.8 Å². The van der Waals surface area contributed by atoms with E-state index in [-0.39, 0.29) is 24.6 Å². The zero-order valence-corrected chi connectivity index (χ0v) is 20.1. The van der Waals surface area contributed by atoms with Gasteiger partial charge in [-0.3, -0.25) is 9.59 Å². The largest absolute Gasteiger partial charge is 0.441 e. The predicted octanol–water partition coefficient (Wildman–Crippen LogP) is 5.42. The number of aromatic nitrogens is 2. The second-order valence-electron chi connectivity index (χ2n) is 8.40. The van der Waals surface area contributed by atoms with Crippen LogP contribution in [-0.2, 0) is 17.8 Å². The summed E-state index contributed by atoms with van der Waals surface area (Å²) in [5, 5.41) is 9.72. The Bertz CT molecular complexity index is 1520. The standard InChI is InChI=1S/C29H24N4O4/c1-19-25(18-30-28(35)26-17-24(33-37-26)21-12-6-3-7-13-21)32-29(36-19)22-14-8-9-15-23(22)31-27(34)16-20-10-4-2-5-11-20/h2-15,17H,16,18H2,1H3,(H,30,35)(H,31,34). The van der Waals surface area contributed by atoms with E-state index in [4.69, 9.17) is 8.94 Å². The summed E-state index contributed by atoms with van der Waals surface area (Å²) in [5.74, 6) is 0.460. The first kappa shape index (κ1) is 23.7. The van der Waals surface area contributed by atoms with Crippen molar-refractivity contribution in [2.75, 3.05) is 5.32 Å². The highest BCUT2D eigenvalue weighted by molar-refractivity contribution is 5.96. The van der Waals surface area contributed by atoms with E-state index in [0.29, 0.717) is 34.3 Å². The van der Waals surface area contributed by atoms with Crippen molar-refractivity contribution in [3.05, 3.63) is 114 Å². The quantitative estimate of drug-likeness (QED) is 0.299. The molecule has 184 valence electrons. The molecule has 2 aromatic heterocycles. The van der Waals surface area contributed by atoms with Gasteiger partial charge in [0.05, 0.1) is 24.2 Å². The first-order chi connectivity index (χ1) is 18.1. The molecule has 0 aliphatic heterocycles. The number of para-hydroxylation sites is 1. The normalized spacial score (nSPS) is 10.7. The van der Waals surface area contributed by atoms with Gasteiger partial charge in [-0.25, -0.2) is 4.98 Å². The topological polar surface area (TPSA) is 110 Å². The molecule has 5 aromatic rings. The molecule has 0 bridgehead atoms. The van der Waals surface area contributed by atoms with Crippen molar-refractivity contribution in [3.8, 4) is 22.7 Å². The molecule has 0 radical (unpaired) electrons. The van der Waals surface area contributed by atoms with Gasteiger partial charge in [-0.05, 0) is 24.6 Å². The molecule has 2 heterocycles. The molecule has 8 heteroatoms. The van der Waals surface area contributed by atoms with Crippen LogP contribution in [0.15, 0.2) is 99.9 Å². The Kier molecular flexibility index (Phi) is 6.89. The van der Waals surface area contributed by atoms with Gasteiger partial charge in [0.1, 0.15) is 17.1 Å². The first-order valence-electron chi connectivity index (χ1n) is 11.8. The fourth-order valence-corrected chi connectivity index (χ4v) is 3.84. The number of aryl methyl sites for hydroxylation is 1. The molecular weight excluding hydrogens is 468 g/mol. The molecule has 0 fully saturated rings. The lowest BCUT2D eigenvalue weighted by Crippen LogP contribution is -2.22. The van der Waals surface area contributed by atoms with Gasteiger partial charge >= 0.3 is 0 Å². The number of carbonyl (C=O) groups is 2. The number of carbonyl (C=O) groups excluding carboxylic acids is 2. The molecule has 0 saturated heterocycles. The molecular formula is C29H24N4O4. The third kappa shape index (κ3) is 5.65. The lowest BCUT2D eigenvalue weighted by atomic mass is 10.1. The summed E-state index contributed by atoms with van der Waals surface area (Å²) >= 11 is 0. The number of benzene rings is 3. The van der Waals surface area contributed by atoms with Crippen LogP contribution in [0.4, 0.5) is 5.69 Å². The third-order valence-electron chi connectivity index (χ3n) is 5.75. The number of hydrogen-bond donors (Lipinski definition) is 2. The number of rotatable bonds is 8. The number of oxazole rings is 1. The summed E-state index contributed by atoms with van der Waals surface area (Å²) in [4.78, 5) is 29.8. The van der Waals surface area contributed by atoms with Crippen molar-refractivity contribution in [2.24, 2.45) is 0 Å². The maximum Gasteiger partial charge on any atom is 0.290 e. The van der Waals surface area contributed by atoms with E-state index in [1.807, 2.05) is 78.9 Å². The molecule has 0 saturated carbocycles. The van der Waals surface area contributed by atoms with Gasteiger partial charge in [0.2, 0.25) is 17.6 Å². The van der Waals surface area contributed by atoms with Crippen molar-refractivity contribution >= 4 is 17.5 Å². The molecule has 5 rings (SSSR count). The van der Waals surface area contributed by atoms with Crippen LogP contribution >= 0.6 is 0 Å². The van der Waals surface area contributed by atoms with Crippen LogP contribution in [0.25, 0.3) is 22.7 Å². The number of hydrogen-bond acceptors (Lipinski definition) is 6. The number of nitrogens with zero attached hydrogens (tertiary/aromatic N) is 2. The first-order valence-corrected chi connectivity index (χ1v) is 11.8. The highest BCUT2D eigenvalue weighted by atomic mass is 16.5. The zero-order chi connectivity index (χ0) is 25.6. The summed E-state index contributed by atoms with van der Waals surface area (Å²) < 4.78 is 11.1. The average Bonchev–Trinajstić information content (AvgIpc) is 3.56. The molecule has 2 N–H and O–H groups in total. The third-order valence-corrected chi connectivity index (χ3v) is 5.75. The molecule has 0 atom stereocenters. The van der Waals surface area contributed by atoms with Crippen molar-refractivity contribution < 1.29 is 18.5 Å². The zero-order valence-electron chi connectivity index (χ0n) is 20.1. The SMILES string of the molecule is Cc1oc(-c2ccccc2NC(=O)Cc2ccccc2)nc1CNC(=O)c1cc(-c2ccccc2)no1. The Morgan fingerprint density at radius 3 is 2.38 bits per heavy atom. The molecule has 8 nitrogen and oxygen atoms in total. The second kappa shape index (κ2) is 10.7. The molecule has 0 unspecified atom stereocenters. The summed E-state index contributed by atoms with van der Waals surface area (Å²) in [6.45, 7) is 1.91. The molecule has 0 aliphatic carbocycles. The Labute approximate surface area is 213 Å². The molecule has 0 spiro atoms. The lowest BCUT2D eigenvalue weighted by molar-refractivity contribution is -0.115. The number of anilines is 1. The van der Waals surface area contributed by atoms with E-state index < -0.39 is 5.91 Å². The van der Waals surface area contributed by atoms with Gasteiger partial charge in [-0.15, -0.1) is 0 Å². The van der Waals surface area contributed by atoms with Crippen molar-refractivity contribution in [1.29, 1.82) is 0 Å². The van der Waals surface area contributed by atoms with E-state index >= 15 is 0 Å². The number of amides is 2. The Morgan fingerprint density at radius 1 is 0.892 bits per heavy atom. The van der Waals surface area contributed by atoms with Gasteiger partial charge in [-0.1, -0.05) is 78.0 Å². The summed E-state index contributed by atoms with van der Waals surface area (Å²) in [5.41, 5.74) is 4.16. The smallest absolute Gasteiger partial charge is 0.290 e. The summed E-state index contributed by atoms with van der Waals surface area (Å²) in [7, 11) is 0. The molecule has 2 amide bonds. The Hall–Kier alpha value is -4.98. The highest BCUT2D eigenvalue weighted by Gasteiger charge is 2.18. The summed E-state index contributed by atoms with van der Waals surface area (Å²) in [6.07, 6.45) is 0.255. The van der Waals surface area contributed by atoms with E-state index in [0.717, 1.165) is 11.1 Å². The number of nitrogens with one attached hydrogen (secondary N) is 2. The minimum atomic E-state index is -0.410. The van der Waals surface area contributed by atoms with Gasteiger partial charge in [0.15, 0.2) is 0 Å². The van der Waals surface area contributed by atoms with Crippen LogP contribution in [-0.4, -0.2) is 22.0 Å². The van der Waals surface area contributed by atoms with Crippen molar-refractivity contribution in [1.82, 2.24) is 15.5 Å². The average molecular weight is 493 g/mol. The molecule has 3 aromatic carbocycles. The van der Waals surface area contributed by atoms with Crippen molar-refractivity contribution in [2.45, 2.75) is 19.9 Å². The fourth-order valence-electron chi connectivity index (χ4n) is 3.84. The fraction of sp³-hybridized carbons (Fsp3) is 0.103. The highest BCUT2D eigenvalue weighted by Crippen LogP contribution is 2.29. The van der Waals surface area contributed by atoms with E-state index in [1.165, 1.54) is 0 Å². The maximum atomic E-state index is 12.6. The van der Waals surface area contributed by atoms with Gasteiger partial charge < -0.3 is 19.6 Å². The Morgan fingerprint density at radius 2 is 1.59 bits per heavy atom. The maximum absolute atomic E-state index is 12.6. The minimum absolute atomic E-state index is 0.103. The van der Waals surface area contributed by atoms with E-state index in [1.54, 1.807) is 19.1 Å². The Balaban J connectivity index is 1.26. The van der Waals surface area contributed by atoms with Crippen LogP contribution in [0.1, 0.15) is 27.6 Å². The minimum Gasteiger partial charge on any atom is -0.441 e. The second-order valence-corrected chi connectivity index (χ2v) is 8.40. The van der Waals surface area contributed by atoms with Crippen LogP contribution < -0.4 is 10.6 Å². The van der Waals surface area contributed by atoms with Gasteiger partial charge in [-0.2, -0.15) is 0 Å². The van der Waals surface area contributed by atoms with Crippen LogP contribution in [0.2, 0.25) is 0 Å². The van der Waals surface area contributed by atoms with Gasteiger partial charge in [0.25, 0.3) is 5.91 Å².